The average Bonchev–Trinajstić information content (AvgIpc) is 2.97. The number of benzene rings is 2. The van der Waals surface area contributed by atoms with Crippen molar-refractivity contribution in [2.75, 3.05) is 0 Å². The maximum atomic E-state index is 13.8. The van der Waals surface area contributed by atoms with Gasteiger partial charge < -0.3 is 15.2 Å². The number of hydrogen-bond acceptors (Lipinski definition) is 3. The van der Waals surface area contributed by atoms with E-state index in [1.165, 1.54) is 18.5 Å². The van der Waals surface area contributed by atoms with Gasteiger partial charge in [0.15, 0.2) is 5.69 Å². The van der Waals surface area contributed by atoms with Crippen LogP contribution in [0.5, 0.6) is 0 Å². The number of carboxylic acid groups (broad SMARTS) is 1. The second kappa shape index (κ2) is 4.99. The summed E-state index contributed by atoms with van der Waals surface area (Å²) in [7, 11) is 0. The summed E-state index contributed by atoms with van der Waals surface area (Å²) in [6, 6.07) is 9.38. The molecule has 3 rings (SSSR count). The number of aromatic amines is 1. The van der Waals surface area contributed by atoms with Crippen molar-refractivity contribution in [2.24, 2.45) is 0 Å². The van der Waals surface area contributed by atoms with E-state index in [1.807, 2.05) is 0 Å². The number of aliphatic hydroxyl groups excluding tert-OH is 1. The first-order chi connectivity index (χ1) is 10.1. The van der Waals surface area contributed by atoms with E-state index in [2.05, 4.69) is 9.97 Å². The van der Waals surface area contributed by atoms with Crippen molar-refractivity contribution >= 4 is 16.7 Å². The Morgan fingerprint density at radius 1 is 1.19 bits per heavy atom. The Bertz CT molecular complexity index is 829. The van der Waals surface area contributed by atoms with Crippen molar-refractivity contribution < 1.29 is 19.4 Å². The third-order valence-electron chi connectivity index (χ3n) is 3.34. The number of aliphatic hydroxyl groups is 1. The molecule has 0 spiro atoms. The topological polar surface area (TPSA) is 86.2 Å². The van der Waals surface area contributed by atoms with E-state index < -0.39 is 17.9 Å². The van der Waals surface area contributed by atoms with E-state index >= 15 is 0 Å². The van der Waals surface area contributed by atoms with Gasteiger partial charge in [-0.2, -0.15) is 0 Å². The number of nitrogens with zero attached hydrogens (tertiary/aromatic N) is 1. The lowest BCUT2D eigenvalue weighted by Crippen LogP contribution is -2.08. The van der Waals surface area contributed by atoms with Crippen LogP contribution in [0.4, 0.5) is 4.39 Å². The molecule has 1 aromatic heterocycles. The summed E-state index contributed by atoms with van der Waals surface area (Å²) < 4.78 is 13.8. The van der Waals surface area contributed by atoms with E-state index in [0.29, 0.717) is 16.3 Å². The minimum atomic E-state index is -1.24. The second-order valence-electron chi connectivity index (χ2n) is 4.55. The third-order valence-corrected chi connectivity index (χ3v) is 3.34. The number of imidazole rings is 1. The molecule has 21 heavy (non-hydrogen) atoms. The lowest BCUT2D eigenvalue weighted by molar-refractivity contribution is 0.0685. The second-order valence-corrected chi connectivity index (χ2v) is 4.55. The highest BCUT2D eigenvalue weighted by Crippen LogP contribution is 2.30. The molecule has 0 amide bonds. The van der Waals surface area contributed by atoms with Gasteiger partial charge in [0.25, 0.3) is 0 Å². The summed E-state index contributed by atoms with van der Waals surface area (Å²) in [5.41, 5.74) is 0.230. The number of aromatic carboxylic acids is 1. The fourth-order valence-electron chi connectivity index (χ4n) is 2.36. The van der Waals surface area contributed by atoms with Gasteiger partial charge in [-0.25, -0.2) is 14.2 Å². The van der Waals surface area contributed by atoms with Crippen LogP contribution in [-0.4, -0.2) is 26.2 Å². The standard InChI is InChI=1S/C15H11FN2O3/c16-11-6-5-10(8-3-1-2-4-9(8)11)14(19)12-13(15(20)21)18-7-17-12/h1-7,14,19H,(H,17,18)(H,20,21). The first kappa shape index (κ1) is 13.3. The van der Waals surface area contributed by atoms with Crippen molar-refractivity contribution in [1.29, 1.82) is 0 Å². The predicted molar refractivity (Wildman–Crippen MR) is 73.5 cm³/mol. The Hall–Kier alpha value is -2.73. The quantitative estimate of drug-likeness (QED) is 0.690. The van der Waals surface area contributed by atoms with Gasteiger partial charge in [0.05, 0.1) is 12.0 Å². The molecular weight excluding hydrogens is 275 g/mol. The number of rotatable bonds is 3. The number of aromatic nitrogens is 2. The van der Waals surface area contributed by atoms with Gasteiger partial charge in [0.2, 0.25) is 0 Å². The molecule has 0 saturated carbocycles. The van der Waals surface area contributed by atoms with E-state index in [4.69, 9.17) is 5.11 Å². The summed E-state index contributed by atoms with van der Waals surface area (Å²) in [5, 5.41) is 20.4. The van der Waals surface area contributed by atoms with Gasteiger partial charge in [-0.05, 0) is 17.0 Å². The number of carboxylic acids is 1. The highest BCUT2D eigenvalue weighted by Gasteiger charge is 2.23. The molecule has 0 saturated heterocycles. The minimum absolute atomic E-state index is 0.0688. The van der Waals surface area contributed by atoms with Gasteiger partial charge in [0, 0.05) is 5.39 Å². The van der Waals surface area contributed by atoms with E-state index in [-0.39, 0.29) is 11.4 Å². The van der Waals surface area contributed by atoms with E-state index in [9.17, 15) is 14.3 Å². The number of hydrogen-bond donors (Lipinski definition) is 3. The Morgan fingerprint density at radius 2 is 1.90 bits per heavy atom. The van der Waals surface area contributed by atoms with Crippen molar-refractivity contribution in [3.8, 4) is 0 Å². The Balaban J connectivity index is 2.18. The number of fused-ring (bicyclic) bond motifs is 1. The smallest absolute Gasteiger partial charge is 0.356 e. The van der Waals surface area contributed by atoms with Gasteiger partial charge in [0.1, 0.15) is 11.9 Å². The van der Waals surface area contributed by atoms with Crippen LogP contribution in [0.1, 0.15) is 27.8 Å². The predicted octanol–water partition coefficient (Wildman–Crippen LogP) is 2.48. The summed E-state index contributed by atoms with van der Waals surface area (Å²) in [4.78, 5) is 17.4. The fourth-order valence-corrected chi connectivity index (χ4v) is 2.36. The molecule has 2 aromatic carbocycles. The number of carbonyl (C=O) groups is 1. The Morgan fingerprint density at radius 3 is 2.62 bits per heavy atom. The Labute approximate surface area is 118 Å². The number of H-pyrrole nitrogens is 1. The molecule has 1 unspecified atom stereocenters. The zero-order chi connectivity index (χ0) is 15.0. The third kappa shape index (κ3) is 2.15. The van der Waals surface area contributed by atoms with Gasteiger partial charge in [-0.15, -0.1) is 0 Å². The van der Waals surface area contributed by atoms with Crippen LogP contribution >= 0.6 is 0 Å². The monoisotopic (exact) mass is 286 g/mol. The first-order valence-electron chi connectivity index (χ1n) is 6.21. The van der Waals surface area contributed by atoms with Crippen LogP contribution in [0.3, 0.4) is 0 Å². The van der Waals surface area contributed by atoms with Gasteiger partial charge in [-0.1, -0.05) is 30.3 Å². The highest BCUT2D eigenvalue weighted by atomic mass is 19.1. The number of nitrogens with one attached hydrogen (secondary N) is 1. The van der Waals surface area contributed by atoms with Crippen LogP contribution in [0.2, 0.25) is 0 Å². The summed E-state index contributed by atoms with van der Waals surface area (Å²) in [6.07, 6.45) is -0.0302. The fraction of sp³-hybridized carbons (Fsp3) is 0.0667. The molecular formula is C15H11FN2O3. The molecule has 5 nitrogen and oxygen atoms in total. The van der Waals surface area contributed by atoms with Crippen molar-refractivity contribution in [3.05, 3.63) is 65.5 Å². The maximum absolute atomic E-state index is 13.8. The molecule has 1 atom stereocenters. The molecule has 0 radical (unpaired) electrons. The van der Waals surface area contributed by atoms with Gasteiger partial charge >= 0.3 is 5.97 Å². The molecule has 3 N–H and O–H groups in total. The van der Waals surface area contributed by atoms with E-state index in [1.54, 1.807) is 24.3 Å². The molecule has 1 heterocycles. The molecule has 0 aliphatic carbocycles. The lowest BCUT2D eigenvalue weighted by atomic mass is 9.97. The molecule has 106 valence electrons. The molecule has 0 bridgehead atoms. The van der Waals surface area contributed by atoms with Crippen LogP contribution in [0.25, 0.3) is 10.8 Å². The molecule has 0 aliphatic heterocycles. The summed E-state index contributed by atoms with van der Waals surface area (Å²) in [6.45, 7) is 0. The summed E-state index contributed by atoms with van der Waals surface area (Å²) >= 11 is 0. The highest BCUT2D eigenvalue weighted by molar-refractivity contribution is 5.89. The van der Waals surface area contributed by atoms with Crippen LogP contribution in [0.15, 0.2) is 42.7 Å². The van der Waals surface area contributed by atoms with Crippen molar-refractivity contribution in [1.82, 2.24) is 9.97 Å². The molecule has 0 aliphatic rings. The van der Waals surface area contributed by atoms with Crippen molar-refractivity contribution in [3.63, 3.8) is 0 Å². The number of halogens is 1. The normalized spacial score (nSPS) is 12.5. The average molecular weight is 286 g/mol. The van der Waals surface area contributed by atoms with Crippen LogP contribution < -0.4 is 0 Å². The lowest BCUT2D eigenvalue weighted by Gasteiger charge is -2.13. The molecule has 0 fully saturated rings. The minimum Gasteiger partial charge on any atom is -0.476 e. The molecule has 3 aromatic rings. The molecule has 6 heteroatoms. The first-order valence-corrected chi connectivity index (χ1v) is 6.21. The zero-order valence-electron chi connectivity index (χ0n) is 10.7. The maximum Gasteiger partial charge on any atom is 0.356 e. The largest absolute Gasteiger partial charge is 0.476 e. The van der Waals surface area contributed by atoms with Gasteiger partial charge in [-0.3, -0.25) is 0 Å². The van der Waals surface area contributed by atoms with E-state index in [0.717, 1.165) is 0 Å². The summed E-state index contributed by atoms with van der Waals surface area (Å²) in [5.74, 6) is -1.64. The van der Waals surface area contributed by atoms with Crippen LogP contribution in [0, 0.1) is 5.82 Å². The SMILES string of the molecule is O=C(O)c1nc[nH]c1C(O)c1ccc(F)c2ccccc12. The van der Waals surface area contributed by atoms with Crippen LogP contribution in [-0.2, 0) is 0 Å². The van der Waals surface area contributed by atoms with Crippen molar-refractivity contribution in [2.45, 2.75) is 6.10 Å². The Kier molecular flexibility index (Phi) is 3.15. The zero-order valence-corrected chi connectivity index (χ0v) is 10.7.